The fourth-order valence-corrected chi connectivity index (χ4v) is 1.55. The van der Waals surface area contributed by atoms with Crippen molar-refractivity contribution in [1.29, 1.82) is 0 Å². The van der Waals surface area contributed by atoms with Crippen LogP contribution in [0.3, 0.4) is 0 Å². The van der Waals surface area contributed by atoms with E-state index in [1.165, 1.54) is 11.1 Å². The highest BCUT2D eigenvalue weighted by Gasteiger charge is 2.04. The van der Waals surface area contributed by atoms with Gasteiger partial charge in [-0.1, -0.05) is 18.2 Å². The number of hydrogen-bond acceptors (Lipinski definition) is 3. The van der Waals surface area contributed by atoms with Crippen LogP contribution in [0.5, 0.6) is 0 Å². The zero-order chi connectivity index (χ0) is 10.8. The van der Waals surface area contributed by atoms with E-state index in [4.69, 9.17) is 5.73 Å². The van der Waals surface area contributed by atoms with Gasteiger partial charge in [0, 0.05) is 11.8 Å². The number of anilines is 1. The lowest BCUT2D eigenvalue weighted by molar-refractivity contribution is 1.18. The lowest BCUT2D eigenvalue weighted by Crippen LogP contribution is -1.96. The maximum Gasteiger partial charge on any atom is 0.220 e. The van der Waals surface area contributed by atoms with Crippen LogP contribution in [0.25, 0.3) is 11.3 Å². The molecule has 3 heteroatoms. The summed E-state index contributed by atoms with van der Waals surface area (Å²) in [4.78, 5) is 8.10. The Morgan fingerprint density at radius 3 is 2.67 bits per heavy atom. The highest BCUT2D eigenvalue weighted by molar-refractivity contribution is 5.65. The molecule has 3 nitrogen and oxygen atoms in total. The highest BCUT2D eigenvalue weighted by Crippen LogP contribution is 2.23. The Morgan fingerprint density at radius 1 is 1.13 bits per heavy atom. The van der Waals surface area contributed by atoms with E-state index in [0.29, 0.717) is 5.95 Å². The van der Waals surface area contributed by atoms with E-state index >= 15 is 0 Å². The van der Waals surface area contributed by atoms with Crippen LogP contribution < -0.4 is 5.73 Å². The summed E-state index contributed by atoms with van der Waals surface area (Å²) in [6, 6.07) is 8.03. The predicted octanol–water partition coefficient (Wildman–Crippen LogP) is 2.34. The van der Waals surface area contributed by atoms with Crippen molar-refractivity contribution in [3.05, 3.63) is 41.6 Å². The number of nitrogens with zero attached hydrogens (tertiary/aromatic N) is 2. The monoisotopic (exact) mass is 199 g/mol. The van der Waals surface area contributed by atoms with Gasteiger partial charge in [0.25, 0.3) is 0 Å². The number of nitrogen functional groups attached to an aromatic ring is 1. The van der Waals surface area contributed by atoms with Gasteiger partial charge in [-0.05, 0) is 31.0 Å². The molecule has 0 aliphatic heterocycles. The molecule has 2 aromatic rings. The molecule has 2 rings (SSSR count). The molecule has 0 aliphatic carbocycles. The van der Waals surface area contributed by atoms with Gasteiger partial charge in [-0.15, -0.1) is 0 Å². The molecule has 76 valence electrons. The SMILES string of the molecule is Cc1cccc(-c2ccnc(N)n2)c1C. The van der Waals surface area contributed by atoms with Crippen molar-refractivity contribution >= 4 is 5.95 Å². The molecule has 0 saturated carbocycles. The molecule has 2 N–H and O–H groups in total. The topological polar surface area (TPSA) is 51.8 Å². The molecular formula is C12H13N3. The van der Waals surface area contributed by atoms with E-state index in [1.807, 2.05) is 18.2 Å². The van der Waals surface area contributed by atoms with Gasteiger partial charge in [-0.2, -0.15) is 0 Å². The van der Waals surface area contributed by atoms with Gasteiger partial charge in [0.05, 0.1) is 5.69 Å². The minimum absolute atomic E-state index is 0.313. The van der Waals surface area contributed by atoms with Crippen LogP contribution in [-0.4, -0.2) is 9.97 Å². The summed E-state index contributed by atoms with van der Waals surface area (Å²) in [5, 5.41) is 0. The average Bonchev–Trinajstić information content (AvgIpc) is 2.22. The molecule has 0 atom stereocenters. The van der Waals surface area contributed by atoms with Crippen molar-refractivity contribution < 1.29 is 0 Å². The standard InChI is InChI=1S/C12H13N3/c1-8-4-3-5-10(9(8)2)11-6-7-14-12(13)15-11/h3-7H,1-2H3,(H2,13,14,15). The molecule has 0 bridgehead atoms. The molecule has 1 aromatic heterocycles. The van der Waals surface area contributed by atoms with Crippen LogP contribution in [0.15, 0.2) is 30.5 Å². The summed E-state index contributed by atoms with van der Waals surface area (Å²) in [5.41, 5.74) is 10.0. The highest BCUT2D eigenvalue weighted by atomic mass is 15.0. The Morgan fingerprint density at radius 2 is 1.93 bits per heavy atom. The minimum atomic E-state index is 0.313. The van der Waals surface area contributed by atoms with Crippen molar-refractivity contribution in [2.24, 2.45) is 0 Å². The number of rotatable bonds is 1. The van der Waals surface area contributed by atoms with Crippen LogP contribution in [-0.2, 0) is 0 Å². The molecule has 0 unspecified atom stereocenters. The maximum absolute atomic E-state index is 5.56. The van der Waals surface area contributed by atoms with Gasteiger partial charge in [-0.25, -0.2) is 9.97 Å². The fourth-order valence-electron chi connectivity index (χ4n) is 1.55. The van der Waals surface area contributed by atoms with E-state index < -0.39 is 0 Å². The molecular weight excluding hydrogens is 186 g/mol. The Kier molecular flexibility index (Phi) is 2.37. The summed E-state index contributed by atoms with van der Waals surface area (Å²) in [6.45, 7) is 4.17. The third kappa shape index (κ3) is 1.81. The van der Waals surface area contributed by atoms with Gasteiger partial charge in [-0.3, -0.25) is 0 Å². The quantitative estimate of drug-likeness (QED) is 0.767. The lowest BCUT2D eigenvalue weighted by Gasteiger charge is -2.07. The fraction of sp³-hybridized carbons (Fsp3) is 0.167. The van der Waals surface area contributed by atoms with E-state index in [2.05, 4.69) is 29.9 Å². The van der Waals surface area contributed by atoms with Crippen molar-refractivity contribution in [2.45, 2.75) is 13.8 Å². The van der Waals surface area contributed by atoms with Crippen molar-refractivity contribution in [1.82, 2.24) is 9.97 Å². The number of aryl methyl sites for hydroxylation is 1. The van der Waals surface area contributed by atoms with Gasteiger partial charge < -0.3 is 5.73 Å². The van der Waals surface area contributed by atoms with Crippen molar-refractivity contribution in [3.63, 3.8) is 0 Å². The molecule has 0 fully saturated rings. The predicted molar refractivity (Wildman–Crippen MR) is 61.4 cm³/mol. The molecule has 15 heavy (non-hydrogen) atoms. The average molecular weight is 199 g/mol. The molecule has 1 aromatic carbocycles. The number of benzene rings is 1. The Labute approximate surface area is 89.0 Å². The smallest absolute Gasteiger partial charge is 0.220 e. The van der Waals surface area contributed by atoms with Crippen LogP contribution in [0.4, 0.5) is 5.95 Å². The van der Waals surface area contributed by atoms with Crippen LogP contribution in [0, 0.1) is 13.8 Å². The summed E-state index contributed by atoms with van der Waals surface area (Å²) in [5.74, 6) is 0.313. The molecule has 0 radical (unpaired) electrons. The second-order valence-electron chi connectivity index (χ2n) is 3.55. The largest absolute Gasteiger partial charge is 0.368 e. The number of nitrogens with two attached hydrogens (primary N) is 1. The molecule has 0 spiro atoms. The van der Waals surface area contributed by atoms with Crippen LogP contribution >= 0.6 is 0 Å². The zero-order valence-electron chi connectivity index (χ0n) is 8.86. The third-order valence-electron chi connectivity index (χ3n) is 2.55. The minimum Gasteiger partial charge on any atom is -0.368 e. The third-order valence-corrected chi connectivity index (χ3v) is 2.55. The van der Waals surface area contributed by atoms with E-state index in [-0.39, 0.29) is 0 Å². The van der Waals surface area contributed by atoms with Gasteiger partial charge in [0.1, 0.15) is 0 Å². The molecule has 1 heterocycles. The zero-order valence-corrected chi connectivity index (χ0v) is 8.86. The maximum atomic E-state index is 5.56. The summed E-state index contributed by atoms with van der Waals surface area (Å²) in [6.07, 6.45) is 1.68. The lowest BCUT2D eigenvalue weighted by atomic mass is 10.0. The summed E-state index contributed by atoms with van der Waals surface area (Å²) >= 11 is 0. The van der Waals surface area contributed by atoms with Gasteiger partial charge in [0.15, 0.2) is 0 Å². The summed E-state index contributed by atoms with van der Waals surface area (Å²) < 4.78 is 0. The summed E-state index contributed by atoms with van der Waals surface area (Å²) in [7, 11) is 0. The second kappa shape index (κ2) is 3.69. The van der Waals surface area contributed by atoms with E-state index in [9.17, 15) is 0 Å². The van der Waals surface area contributed by atoms with Gasteiger partial charge in [0.2, 0.25) is 5.95 Å². The Bertz CT molecular complexity index is 492. The van der Waals surface area contributed by atoms with E-state index in [0.717, 1.165) is 11.3 Å². The van der Waals surface area contributed by atoms with Crippen molar-refractivity contribution in [3.8, 4) is 11.3 Å². The van der Waals surface area contributed by atoms with Gasteiger partial charge >= 0.3 is 0 Å². The first-order valence-corrected chi connectivity index (χ1v) is 4.83. The molecule has 0 amide bonds. The Balaban J connectivity index is 2.59. The number of hydrogen-bond donors (Lipinski definition) is 1. The number of aromatic nitrogens is 2. The first kappa shape index (κ1) is 9.65. The van der Waals surface area contributed by atoms with Crippen molar-refractivity contribution in [2.75, 3.05) is 5.73 Å². The van der Waals surface area contributed by atoms with Crippen LogP contribution in [0.2, 0.25) is 0 Å². The Hall–Kier alpha value is -1.90. The molecule has 0 saturated heterocycles. The molecule has 0 aliphatic rings. The van der Waals surface area contributed by atoms with E-state index in [1.54, 1.807) is 6.20 Å². The normalized spacial score (nSPS) is 10.3. The van der Waals surface area contributed by atoms with Crippen LogP contribution in [0.1, 0.15) is 11.1 Å². The first-order chi connectivity index (χ1) is 7.18. The first-order valence-electron chi connectivity index (χ1n) is 4.83. The second-order valence-corrected chi connectivity index (χ2v) is 3.55.